The number of amides is 1. The molecule has 1 amide bonds. The zero-order chi connectivity index (χ0) is 21.7. The Bertz CT molecular complexity index is 924. The van der Waals surface area contributed by atoms with Gasteiger partial charge >= 0.3 is 5.97 Å². The van der Waals surface area contributed by atoms with Crippen molar-refractivity contribution in [2.45, 2.75) is 38.3 Å². The van der Waals surface area contributed by atoms with Crippen LogP contribution in [-0.2, 0) is 20.9 Å². The monoisotopic (exact) mass is 415 g/mol. The molecule has 1 aliphatic heterocycles. The first-order valence-corrected chi connectivity index (χ1v) is 9.70. The highest BCUT2D eigenvalue weighted by atomic mass is 16.5. The summed E-state index contributed by atoms with van der Waals surface area (Å²) in [6.07, 6.45) is 2.36. The molecule has 0 radical (unpaired) electrons. The summed E-state index contributed by atoms with van der Waals surface area (Å²) in [5.41, 5.74) is 1.28. The van der Waals surface area contributed by atoms with Gasteiger partial charge < -0.3 is 24.6 Å². The van der Waals surface area contributed by atoms with Crippen LogP contribution in [0.2, 0.25) is 0 Å². The SMILES string of the molecule is COC(=O)CNc1cccc(C(=O)N2Cc3nnc(C4CC4)n3[C@@H](C)C2)c1.O=CO. The van der Waals surface area contributed by atoms with Gasteiger partial charge in [0, 0.05) is 23.7 Å². The molecule has 2 heterocycles. The molecule has 1 atom stereocenters. The molecule has 30 heavy (non-hydrogen) atoms. The Balaban J connectivity index is 0.000000806. The fraction of sp³-hybridized carbons (Fsp3) is 0.450. The number of esters is 1. The number of aromatic nitrogens is 3. The molecule has 2 N–H and O–H groups in total. The van der Waals surface area contributed by atoms with Crippen molar-refractivity contribution in [1.82, 2.24) is 19.7 Å². The van der Waals surface area contributed by atoms with E-state index < -0.39 is 0 Å². The van der Waals surface area contributed by atoms with E-state index in [0.717, 1.165) is 11.6 Å². The summed E-state index contributed by atoms with van der Waals surface area (Å²) in [6, 6.07) is 7.31. The van der Waals surface area contributed by atoms with Gasteiger partial charge in [0.25, 0.3) is 12.4 Å². The van der Waals surface area contributed by atoms with Gasteiger partial charge in [0.15, 0.2) is 5.82 Å². The first-order chi connectivity index (χ1) is 14.5. The van der Waals surface area contributed by atoms with Crippen LogP contribution in [0.15, 0.2) is 24.3 Å². The molecule has 10 heteroatoms. The average Bonchev–Trinajstić information content (AvgIpc) is 3.51. The van der Waals surface area contributed by atoms with Crippen LogP contribution in [0.4, 0.5) is 5.69 Å². The van der Waals surface area contributed by atoms with Crippen LogP contribution < -0.4 is 5.32 Å². The van der Waals surface area contributed by atoms with Crippen LogP contribution in [0.5, 0.6) is 0 Å². The van der Waals surface area contributed by atoms with Crippen molar-refractivity contribution in [2.24, 2.45) is 0 Å². The normalized spacial score (nSPS) is 17.3. The molecule has 1 fully saturated rings. The lowest BCUT2D eigenvalue weighted by Crippen LogP contribution is -2.40. The highest BCUT2D eigenvalue weighted by Gasteiger charge is 2.35. The minimum atomic E-state index is -0.359. The van der Waals surface area contributed by atoms with Gasteiger partial charge in [-0.1, -0.05) is 6.07 Å². The zero-order valence-corrected chi connectivity index (χ0v) is 16.9. The molecule has 1 aromatic heterocycles. The number of rotatable bonds is 5. The average molecular weight is 415 g/mol. The van der Waals surface area contributed by atoms with Crippen LogP contribution in [0, 0.1) is 0 Å². The van der Waals surface area contributed by atoms with Gasteiger partial charge in [0.2, 0.25) is 0 Å². The second-order valence-corrected chi connectivity index (χ2v) is 7.27. The molecule has 0 spiro atoms. The predicted molar refractivity (Wildman–Crippen MR) is 107 cm³/mol. The molecule has 1 saturated carbocycles. The van der Waals surface area contributed by atoms with Gasteiger partial charge in [-0.25, -0.2) is 0 Å². The summed E-state index contributed by atoms with van der Waals surface area (Å²) < 4.78 is 6.83. The second kappa shape index (κ2) is 9.38. The van der Waals surface area contributed by atoms with Crippen LogP contribution in [0.3, 0.4) is 0 Å². The highest BCUT2D eigenvalue weighted by Crippen LogP contribution is 2.41. The van der Waals surface area contributed by atoms with Gasteiger partial charge in [-0.05, 0) is 38.0 Å². The number of hydrogen-bond donors (Lipinski definition) is 2. The Labute approximate surface area is 173 Å². The third-order valence-corrected chi connectivity index (χ3v) is 5.05. The van der Waals surface area contributed by atoms with Crippen molar-refractivity contribution in [3.05, 3.63) is 41.5 Å². The topological polar surface area (TPSA) is 127 Å². The number of benzene rings is 1. The van der Waals surface area contributed by atoms with Crippen molar-refractivity contribution >= 4 is 24.0 Å². The van der Waals surface area contributed by atoms with E-state index in [9.17, 15) is 9.59 Å². The quantitative estimate of drug-likeness (QED) is 0.558. The fourth-order valence-electron chi connectivity index (χ4n) is 3.53. The van der Waals surface area contributed by atoms with Gasteiger partial charge in [-0.2, -0.15) is 0 Å². The van der Waals surface area contributed by atoms with E-state index in [0.29, 0.717) is 30.3 Å². The maximum absolute atomic E-state index is 13.0. The molecule has 1 aromatic carbocycles. The Kier molecular flexibility index (Phi) is 6.65. The van der Waals surface area contributed by atoms with E-state index >= 15 is 0 Å². The number of anilines is 1. The Morgan fingerprint density at radius 1 is 1.33 bits per heavy atom. The number of carbonyl (C=O) groups excluding carboxylic acids is 2. The molecule has 0 bridgehead atoms. The molecule has 10 nitrogen and oxygen atoms in total. The minimum absolute atomic E-state index is 0.0502. The zero-order valence-electron chi connectivity index (χ0n) is 16.9. The van der Waals surface area contributed by atoms with Crippen molar-refractivity contribution in [3.63, 3.8) is 0 Å². The van der Waals surface area contributed by atoms with E-state index in [2.05, 4.69) is 31.7 Å². The van der Waals surface area contributed by atoms with Crippen LogP contribution in [0.1, 0.15) is 53.7 Å². The summed E-state index contributed by atoms with van der Waals surface area (Å²) in [5.74, 6) is 2.05. The first kappa shape index (κ1) is 21.3. The third kappa shape index (κ3) is 4.76. The maximum Gasteiger partial charge on any atom is 0.325 e. The fourth-order valence-corrected chi connectivity index (χ4v) is 3.53. The largest absolute Gasteiger partial charge is 0.483 e. The molecule has 2 aromatic rings. The summed E-state index contributed by atoms with van der Waals surface area (Å²) >= 11 is 0. The lowest BCUT2D eigenvalue weighted by Gasteiger charge is -2.32. The van der Waals surface area contributed by atoms with Crippen molar-refractivity contribution in [3.8, 4) is 0 Å². The lowest BCUT2D eigenvalue weighted by atomic mass is 10.1. The van der Waals surface area contributed by atoms with Gasteiger partial charge in [0.1, 0.15) is 12.4 Å². The van der Waals surface area contributed by atoms with Crippen molar-refractivity contribution in [2.75, 3.05) is 25.5 Å². The van der Waals surface area contributed by atoms with Crippen molar-refractivity contribution < 1.29 is 24.2 Å². The second-order valence-electron chi connectivity index (χ2n) is 7.27. The number of hydrogen-bond acceptors (Lipinski definition) is 7. The standard InChI is InChI=1S/C19H23N5O3.CH2O2/c1-12-10-23(11-16-21-22-18(24(12)16)13-6-7-13)19(26)14-4-3-5-15(8-14)20-9-17(25)27-2;2-1-3/h3-5,8,12-13,20H,6-7,9-11H2,1-2H3;1H,(H,2,3)/t12-;/m0./s1. The first-order valence-electron chi connectivity index (χ1n) is 9.70. The van der Waals surface area contributed by atoms with E-state index in [4.69, 9.17) is 9.90 Å². The molecule has 0 unspecified atom stereocenters. The van der Waals surface area contributed by atoms with Gasteiger partial charge in [0.05, 0.1) is 19.7 Å². The number of nitrogens with one attached hydrogen (secondary N) is 1. The Morgan fingerprint density at radius 2 is 2.07 bits per heavy atom. The number of methoxy groups -OCH3 is 1. The van der Waals surface area contributed by atoms with Crippen LogP contribution in [-0.4, -0.2) is 63.3 Å². The van der Waals surface area contributed by atoms with Crippen LogP contribution >= 0.6 is 0 Å². The third-order valence-electron chi connectivity index (χ3n) is 5.05. The highest BCUT2D eigenvalue weighted by molar-refractivity contribution is 5.95. The smallest absolute Gasteiger partial charge is 0.325 e. The molecule has 4 rings (SSSR count). The molecule has 1 aliphatic carbocycles. The number of nitrogens with zero attached hydrogens (tertiary/aromatic N) is 4. The summed E-state index contributed by atoms with van der Waals surface area (Å²) in [7, 11) is 1.34. The maximum atomic E-state index is 13.0. The molecular formula is C20H25N5O5. The van der Waals surface area contributed by atoms with Crippen LogP contribution in [0.25, 0.3) is 0 Å². The van der Waals surface area contributed by atoms with E-state index in [1.54, 1.807) is 18.2 Å². The number of fused-ring (bicyclic) bond motifs is 1. The summed E-state index contributed by atoms with van der Waals surface area (Å²) in [6.45, 7) is 3.00. The molecular weight excluding hydrogens is 390 g/mol. The van der Waals surface area contributed by atoms with Gasteiger partial charge in [-0.15, -0.1) is 10.2 Å². The minimum Gasteiger partial charge on any atom is -0.483 e. The Morgan fingerprint density at radius 3 is 2.73 bits per heavy atom. The van der Waals surface area contributed by atoms with Crippen molar-refractivity contribution in [1.29, 1.82) is 0 Å². The van der Waals surface area contributed by atoms with E-state index in [-0.39, 0.29) is 30.9 Å². The molecule has 0 saturated heterocycles. The molecule has 160 valence electrons. The van der Waals surface area contributed by atoms with Gasteiger partial charge in [-0.3, -0.25) is 14.4 Å². The predicted octanol–water partition coefficient (Wildman–Crippen LogP) is 1.66. The van der Waals surface area contributed by atoms with E-state index in [1.165, 1.54) is 20.0 Å². The summed E-state index contributed by atoms with van der Waals surface area (Å²) in [4.78, 5) is 34.5. The lowest BCUT2D eigenvalue weighted by molar-refractivity contribution is -0.138. The Hall–Kier alpha value is -3.43. The number of ether oxygens (including phenoxy) is 1. The number of carbonyl (C=O) groups is 3. The molecule has 2 aliphatic rings. The number of carboxylic acid groups (broad SMARTS) is 1. The van der Waals surface area contributed by atoms with E-state index in [1.807, 2.05) is 11.0 Å². The summed E-state index contributed by atoms with van der Waals surface area (Å²) in [5, 5.41) is 18.5.